The van der Waals surface area contributed by atoms with Crippen molar-refractivity contribution in [2.45, 2.75) is 4.90 Å². The number of rotatable bonds is 9. The molecule has 8 nitrogen and oxygen atoms in total. The molecule has 5 rings (SSSR count). The minimum atomic E-state index is -0.568. The second-order valence-corrected chi connectivity index (χ2v) is 9.88. The summed E-state index contributed by atoms with van der Waals surface area (Å²) in [5.41, 5.74) is 1.91. The van der Waals surface area contributed by atoms with Gasteiger partial charge in [0.25, 0.3) is 17.7 Å². The van der Waals surface area contributed by atoms with Crippen LogP contribution in [0.15, 0.2) is 113 Å². The lowest BCUT2D eigenvalue weighted by Gasteiger charge is -2.15. The molecule has 1 aliphatic heterocycles. The topological polar surface area (TPSA) is 97.0 Å². The molecule has 0 spiro atoms. The molecule has 10 heteroatoms. The Kier molecular flexibility index (Phi) is 8.02. The van der Waals surface area contributed by atoms with Crippen molar-refractivity contribution in [1.82, 2.24) is 0 Å². The van der Waals surface area contributed by atoms with Gasteiger partial charge < -0.3 is 20.1 Å². The molecule has 0 radical (unpaired) electrons. The van der Waals surface area contributed by atoms with Gasteiger partial charge in [0.15, 0.2) is 0 Å². The van der Waals surface area contributed by atoms with Crippen LogP contribution in [0.4, 0.5) is 21.5 Å². The summed E-state index contributed by atoms with van der Waals surface area (Å²) in [4.78, 5) is 41.5. The molecule has 4 aromatic carbocycles. The van der Waals surface area contributed by atoms with E-state index in [4.69, 9.17) is 9.47 Å². The zero-order valence-electron chi connectivity index (χ0n) is 22.0. The number of carbonyl (C=O) groups is 3. The first-order valence-electron chi connectivity index (χ1n) is 12.4. The van der Waals surface area contributed by atoms with Crippen LogP contribution in [-0.2, 0) is 9.59 Å². The third-order valence-electron chi connectivity index (χ3n) is 6.15. The van der Waals surface area contributed by atoms with Gasteiger partial charge in [0.1, 0.15) is 27.9 Å². The third kappa shape index (κ3) is 6.07. The van der Waals surface area contributed by atoms with Gasteiger partial charge in [0.2, 0.25) is 0 Å². The Balaban J connectivity index is 1.39. The number of nitrogens with one attached hydrogen (secondary N) is 2. The van der Waals surface area contributed by atoms with Gasteiger partial charge in [-0.1, -0.05) is 17.8 Å². The molecule has 206 valence electrons. The molecule has 0 saturated carbocycles. The molecule has 0 atom stereocenters. The fourth-order valence-electron chi connectivity index (χ4n) is 4.05. The van der Waals surface area contributed by atoms with E-state index in [1.807, 2.05) is 0 Å². The van der Waals surface area contributed by atoms with E-state index < -0.39 is 17.6 Å². The SMILES string of the molecule is COc1ccc(NC2=C(Sc3ccc(NC(=O)c4cccc(OC)c4)cc3)C(=O)N(c3ccc(F)cc3)C2=O)cc1. The van der Waals surface area contributed by atoms with Crippen molar-refractivity contribution < 1.29 is 28.2 Å². The Morgan fingerprint density at radius 1 is 0.780 bits per heavy atom. The molecule has 4 aromatic rings. The molecular weight excluding hydrogens is 545 g/mol. The van der Waals surface area contributed by atoms with Crippen LogP contribution in [0.2, 0.25) is 0 Å². The maximum absolute atomic E-state index is 13.5. The number of imide groups is 1. The highest BCUT2D eigenvalue weighted by atomic mass is 32.2. The molecule has 0 fully saturated rings. The number of hydrogen-bond donors (Lipinski definition) is 2. The Labute approximate surface area is 239 Å². The van der Waals surface area contributed by atoms with Gasteiger partial charge >= 0.3 is 0 Å². The highest BCUT2D eigenvalue weighted by molar-refractivity contribution is 8.04. The number of nitrogens with zero attached hydrogens (tertiary/aromatic N) is 1. The number of hydrogen-bond acceptors (Lipinski definition) is 7. The highest BCUT2D eigenvalue weighted by Crippen LogP contribution is 2.38. The van der Waals surface area contributed by atoms with Crippen molar-refractivity contribution in [3.63, 3.8) is 0 Å². The van der Waals surface area contributed by atoms with E-state index in [1.165, 1.54) is 31.4 Å². The second kappa shape index (κ2) is 12.0. The van der Waals surface area contributed by atoms with Crippen molar-refractivity contribution in [3.05, 3.63) is 119 Å². The van der Waals surface area contributed by atoms with E-state index in [1.54, 1.807) is 79.9 Å². The summed E-state index contributed by atoms with van der Waals surface area (Å²) in [6.07, 6.45) is 0. The van der Waals surface area contributed by atoms with E-state index in [0.29, 0.717) is 33.3 Å². The zero-order chi connectivity index (χ0) is 28.9. The van der Waals surface area contributed by atoms with Gasteiger partial charge in [0.05, 0.1) is 19.9 Å². The second-order valence-electron chi connectivity index (χ2n) is 8.79. The van der Waals surface area contributed by atoms with Crippen LogP contribution in [0.5, 0.6) is 11.5 Å². The average Bonchev–Trinajstić information content (AvgIpc) is 3.22. The molecule has 3 amide bonds. The van der Waals surface area contributed by atoms with Crippen molar-refractivity contribution in [3.8, 4) is 11.5 Å². The van der Waals surface area contributed by atoms with Crippen LogP contribution in [0, 0.1) is 5.82 Å². The predicted octanol–water partition coefficient (Wildman–Crippen LogP) is 6.08. The molecule has 0 aliphatic carbocycles. The number of anilines is 3. The number of amides is 3. The summed E-state index contributed by atoms with van der Waals surface area (Å²) in [6.45, 7) is 0. The van der Waals surface area contributed by atoms with E-state index in [2.05, 4.69) is 10.6 Å². The average molecular weight is 570 g/mol. The van der Waals surface area contributed by atoms with E-state index >= 15 is 0 Å². The first-order valence-corrected chi connectivity index (χ1v) is 13.2. The summed E-state index contributed by atoms with van der Waals surface area (Å²) in [5.74, 6) is -0.683. The highest BCUT2D eigenvalue weighted by Gasteiger charge is 2.40. The van der Waals surface area contributed by atoms with E-state index in [-0.39, 0.29) is 22.2 Å². The molecule has 2 N–H and O–H groups in total. The normalized spacial score (nSPS) is 12.9. The minimum absolute atomic E-state index is 0.0879. The minimum Gasteiger partial charge on any atom is -0.497 e. The molecule has 0 bridgehead atoms. The first kappa shape index (κ1) is 27.5. The Bertz CT molecular complexity index is 1640. The van der Waals surface area contributed by atoms with Gasteiger partial charge in [-0.25, -0.2) is 9.29 Å². The largest absolute Gasteiger partial charge is 0.497 e. The number of ether oxygens (including phenoxy) is 2. The Morgan fingerprint density at radius 2 is 1.44 bits per heavy atom. The van der Waals surface area contributed by atoms with Crippen LogP contribution < -0.4 is 25.0 Å². The maximum Gasteiger partial charge on any atom is 0.283 e. The van der Waals surface area contributed by atoms with Crippen molar-refractivity contribution in [2.24, 2.45) is 0 Å². The van der Waals surface area contributed by atoms with Crippen LogP contribution in [0.3, 0.4) is 0 Å². The fourth-order valence-corrected chi connectivity index (χ4v) is 4.98. The van der Waals surface area contributed by atoms with E-state index in [9.17, 15) is 18.8 Å². The number of thioether (sulfide) groups is 1. The lowest BCUT2D eigenvalue weighted by molar-refractivity contribution is -0.120. The Morgan fingerprint density at radius 3 is 2.10 bits per heavy atom. The van der Waals surface area contributed by atoms with Gasteiger partial charge in [-0.2, -0.15) is 0 Å². The molecule has 0 saturated heterocycles. The number of halogens is 1. The lowest BCUT2D eigenvalue weighted by atomic mass is 10.2. The lowest BCUT2D eigenvalue weighted by Crippen LogP contribution is -2.32. The van der Waals surface area contributed by atoms with Crippen molar-refractivity contribution in [1.29, 1.82) is 0 Å². The summed E-state index contributed by atoms with van der Waals surface area (Å²) in [7, 11) is 3.08. The van der Waals surface area contributed by atoms with Crippen molar-refractivity contribution >= 4 is 46.5 Å². The van der Waals surface area contributed by atoms with Gasteiger partial charge in [0, 0.05) is 21.8 Å². The van der Waals surface area contributed by atoms with Crippen LogP contribution in [0.25, 0.3) is 0 Å². The third-order valence-corrected chi connectivity index (χ3v) is 7.24. The Hall–Kier alpha value is -5.09. The summed E-state index contributed by atoms with van der Waals surface area (Å²) < 4.78 is 23.9. The number of carbonyl (C=O) groups excluding carboxylic acids is 3. The maximum atomic E-state index is 13.5. The molecule has 41 heavy (non-hydrogen) atoms. The smallest absolute Gasteiger partial charge is 0.283 e. The van der Waals surface area contributed by atoms with Gasteiger partial charge in [-0.3, -0.25) is 14.4 Å². The molecule has 1 heterocycles. The zero-order valence-corrected chi connectivity index (χ0v) is 22.8. The quantitative estimate of drug-likeness (QED) is 0.236. The first-order chi connectivity index (χ1) is 19.9. The summed E-state index contributed by atoms with van der Waals surface area (Å²) in [6, 6.07) is 25.7. The van der Waals surface area contributed by atoms with Gasteiger partial charge in [-0.15, -0.1) is 0 Å². The summed E-state index contributed by atoms with van der Waals surface area (Å²) in [5, 5.41) is 5.90. The molecule has 0 aromatic heterocycles. The van der Waals surface area contributed by atoms with Crippen LogP contribution in [0.1, 0.15) is 10.4 Å². The van der Waals surface area contributed by atoms with Crippen LogP contribution in [-0.4, -0.2) is 31.9 Å². The fraction of sp³-hybridized carbons (Fsp3) is 0.0645. The molecule has 0 unspecified atom stereocenters. The van der Waals surface area contributed by atoms with Crippen molar-refractivity contribution in [2.75, 3.05) is 29.8 Å². The van der Waals surface area contributed by atoms with Crippen LogP contribution >= 0.6 is 11.8 Å². The monoisotopic (exact) mass is 569 g/mol. The molecule has 1 aliphatic rings. The molecular formula is C31H24FN3O5S. The number of methoxy groups -OCH3 is 2. The predicted molar refractivity (Wildman–Crippen MR) is 156 cm³/mol. The van der Waals surface area contributed by atoms with E-state index in [0.717, 1.165) is 16.7 Å². The number of benzene rings is 4. The summed E-state index contributed by atoms with van der Waals surface area (Å²) >= 11 is 1.11. The standard InChI is InChI=1S/C31H24FN3O5S/c1-39-24-14-8-21(9-15-24)33-27-28(31(38)35(30(27)37)23-12-6-20(32)7-13-23)41-26-16-10-22(11-17-26)34-29(36)19-4-3-5-25(18-19)40-2/h3-18,33H,1-2H3,(H,34,36). The van der Waals surface area contributed by atoms with Gasteiger partial charge in [-0.05, 0) is 91.0 Å².